The lowest BCUT2D eigenvalue weighted by Gasteiger charge is -2.29. The molecule has 1 aromatic heterocycles. The van der Waals surface area contributed by atoms with E-state index in [0.717, 1.165) is 28.1 Å². The first kappa shape index (κ1) is 23.6. The number of imidazole rings is 1. The van der Waals surface area contributed by atoms with Crippen LogP contribution >= 0.6 is 0 Å². The van der Waals surface area contributed by atoms with Gasteiger partial charge in [0.2, 0.25) is 11.8 Å². The molecule has 1 N–H and O–H groups in total. The Kier molecular flexibility index (Phi) is 6.25. The average molecular weight is 465 g/mol. The topological polar surface area (TPSA) is 84.3 Å². The van der Waals surface area contributed by atoms with Crippen molar-refractivity contribution in [1.82, 2.24) is 19.8 Å². The number of rotatable bonds is 5. The fourth-order valence-electron chi connectivity index (χ4n) is 4.58. The van der Waals surface area contributed by atoms with Gasteiger partial charge >= 0.3 is 0 Å². The zero-order chi connectivity index (χ0) is 24.6. The van der Waals surface area contributed by atoms with Crippen LogP contribution in [0.1, 0.15) is 55.2 Å². The normalized spacial score (nSPS) is 19.2. The standard InChI is InChI=1S/C26H29FN4O3/c1-26(2,3)19(7-5-6-12-27)23-22(28-15-30(23)4)16-8-9-18-17(13-16)14-31(25(18)34)20-10-11-21(32)29-24(20)33/h5-9,13,15,20H,10-12,14H2,1-4H3,(H,29,32,33)/b6-5-,19-7-. The minimum absolute atomic E-state index is 0.205. The van der Waals surface area contributed by atoms with Gasteiger partial charge in [0.25, 0.3) is 5.91 Å². The summed E-state index contributed by atoms with van der Waals surface area (Å²) >= 11 is 0. The van der Waals surface area contributed by atoms with Crippen LogP contribution in [0.5, 0.6) is 0 Å². The van der Waals surface area contributed by atoms with Gasteiger partial charge in [-0.3, -0.25) is 19.7 Å². The van der Waals surface area contributed by atoms with Crippen molar-refractivity contribution in [2.45, 2.75) is 46.2 Å². The van der Waals surface area contributed by atoms with Crippen LogP contribution in [0.4, 0.5) is 4.39 Å². The van der Waals surface area contributed by atoms with E-state index >= 15 is 0 Å². The van der Waals surface area contributed by atoms with E-state index in [1.807, 2.05) is 29.8 Å². The van der Waals surface area contributed by atoms with E-state index in [2.05, 4.69) is 31.1 Å². The highest BCUT2D eigenvalue weighted by atomic mass is 19.1. The molecule has 8 heteroatoms. The fraction of sp³-hybridized carbons (Fsp3) is 0.385. The number of carbonyl (C=O) groups is 3. The molecule has 0 saturated carbocycles. The summed E-state index contributed by atoms with van der Waals surface area (Å²) in [5.74, 6) is -0.936. The minimum atomic E-state index is -0.649. The summed E-state index contributed by atoms with van der Waals surface area (Å²) in [6.07, 6.45) is 7.40. The number of benzene rings is 1. The molecule has 0 radical (unpaired) electrons. The number of halogens is 1. The summed E-state index contributed by atoms with van der Waals surface area (Å²) < 4.78 is 14.6. The summed E-state index contributed by atoms with van der Waals surface area (Å²) in [4.78, 5) is 43.0. The summed E-state index contributed by atoms with van der Waals surface area (Å²) in [6, 6.07) is 4.95. The molecule has 0 aliphatic carbocycles. The largest absolute Gasteiger partial charge is 0.333 e. The number of hydrogen-bond acceptors (Lipinski definition) is 4. The van der Waals surface area contributed by atoms with E-state index in [4.69, 9.17) is 0 Å². The predicted molar refractivity (Wildman–Crippen MR) is 127 cm³/mol. The van der Waals surface area contributed by atoms with Crippen molar-refractivity contribution in [3.05, 3.63) is 59.6 Å². The molecule has 178 valence electrons. The van der Waals surface area contributed by atoms with E-state index in [0.29, 0.717) is 18.5 Å². The molecule has 2 aromatic rings. The van der Waals surface area contributed by atoms with Crippen molar-refractivity contribution in [1.29, 1.82) is 0 Å². The van der Waals surface area contributed by atoms with E-state index in [1.54, 1.807) is 18.5 Å². The molecule has 2 aliphatic heterocycles. The number of piperidine rings is 1. The number of aryl methyl sites for hydroxylation is 1. The molecule has 7 nitrogen and oxygen atoms in total. The average Bonchev–Trinajstić information content (AvgIpc) is 3.30. The third-order valence-electron chi connectivity index (χ3n) is 6.29. The van der Waals surface area contributed by atoms with Crippen molar-refractivity contribution in [3.8, 4) is 11.3 Å². The SMILES string of the molecule is Cn1cnc(-c2ccc3c(c2)CN(C2CCC(=O)NC2=O)C3=O)c1/C(=C/C=C\CF)C(C)(C)C. The molecule has 4 rings (SSSR count). The second kappa shape index (κ2) is 9.00. The molecule has 0 bridgehead atoms. The molecule has 3 amide bonds. The summed E-state index contributed by atoms with van der Waals surface area (Å²) in [7, 11) is 1.92. The van der Waals surface area contributed by atoms with Crippen LogP contribution in [0, 0.1) is 5.41 Å². The Morgan fingerprint density at radius 1 is 1.26 bits per heavy atom. The first-order valence-corrected chi connectivity index (χ1v) is 11.3. The zero-order valence-electron chi connectivity index (χ0n) is 19.9. The lowest BCUT2D eigenvalue weighted by Crippen LogP contribution is -2.52. The van der Waals surface area contributed by atoms with Crippen molar-refractivity contribution < 1.29 is 18.8 Å². The van der Waals surface area contributed by atoms with E-state index in [9.17, 15) is 18.8 Å². The van der Waals surface area contributed by atoms with Gasteiger partial charge in [-0.05, 0) is 35.1 Å². The van der Waals surface area contributed by atoms with Gasteiger partial charge in [0.05, 0.1) is 17.7 Å². The Morgan fingerprint density at radius 2 is 2.03 bits per heavy atom. The zero-order valence-corrected chi connectivity index (χ0v) is 19.9. The number of hydrogen-bond donors (Lipinski definition) is 1. The maximum Gasteiger partial charge on any atom is 0.255 e. The van der Waals surface area contributed by atoms with Crippen LogP contribution in [-0.4, -0.2) is 44.9 Å². The highest BCUT2D eigenvalue weighted by molar-refractivity contribution is 6.05. The Bertz CT molecular complexity index is 1220. The molecule has 3 heterocycles. The minimum Gasteiger partial charge on any atom is -0.333 e. The maximum absolute atomic E-state index is 13.0. The number of nitrogens with zero attached hydrogens (tertiary/aromatic N) is 3. The van der Waals surface area contributed by atoms with Crippen LogP contribution in [0.2, 0.25) is 0 Å². The number of aromatic nitrogens is 2. The molecule has 1 atom stereocenters. The summed E-state index contributed by atoms with van der Waals surface area (Å²) in [5.41, 5.74) is 4.71. The van der Waals surface area contributed by atoms with Gasteiger partial charge in [-0.15, -0.1) is 0 Å². The third-order valence-corrected chi connectivity index (χ3v) is 6.29. The van der Waals surface area contributed by atoms with Gasteiger partial charge in [0.1, 0.15) is 12.7 Å². The van der Waals surface area contributed by atoms with Crippen molar-refractivity contribution >= 4 is 23.3 Å². The second-order valence-electron chi connectivity index (χ2n) is 9.74. The molecule has 34 heavy (non-hydrogen) atoms. The molecule has 1 aromatic carbocycles. The first-order chi connectivity index (χ1) is 16.1. The summed E-state index contributed by atoms with van der Waals surface area (Å²) in [6.45, 7) is 6.06. The lowest BCUT2D eigenvalue weighted by atomic mass is 9.82. The van der Waals surface area contributed by atoms with Crippen LogP contribution in [-0.2, 0) is 23.2 Å². The van der Waals surface area contributed by atoms with E-state index in [1.165, 1.54) is 11.0 Å². The molecule has 1 fully saturated rings. The quantitative estimate of drug-likeness (QED) is 0.539. The Hall–Kier alpha value is -3.55. The lowest BCUT2D eigenvalue weighted by molar-refractivity contribution is -0.136. The summed E-state index contributed by atoms with van der Waals surface area (Å²) in [5, 5.41) is 2.33. The number of amides is 3. The van der Waals surface area contributed by atoms with Gasteiger partial charge in [-0.2, -0.15) is 0 Å². The number of allylic oxidation sites excluding steroid dienone is 4. The van der Waals surface area contributed by atoms with Crippen molar-refractivity contribution in [2.75, 3.05) is 6.67 Å². The van der Waals surface area contributed by atoms with Crippen LogP contribution < -0.4 is 5.32 Å². The van der Waals surface area contributed by atoms with Crippen LogP contribution in [0.15, 0.2) is 42.8 Å². The molecular formula is C26H29FN4O3. The van der Waals surface area contributed by atoms with E-state index in [-0.39, 0.29) is 23.7 Å². The highest BCUT2D eigenvalue weighted by Gasteiger charge is 2.39. The molecular weight excluding hydrogens is 435 g/mol. The van der Waals surface area contributed by atoms with Crippen molar-refractivity contribution in [2.24, 2.45) is 12.5 Å². The highest BCUT2D eigenvalue weighted by Crippen LogP contribution is 2.39. The molecule has 2 aliphatic rings. The molecule has 0 spiro atoms. The Balaban J connectivity index is 1.70. The Labute approximate surface area is 198 Å². The van der Waals surface area contributed by atoms with Crippen molar-refractivity contribution in [3.63, 3.8) is 0 Å². The van der Waals surface area contributed by atoms with Gasteiger partial charge in [-0.25, -0.2) is 9.37 Å². The number of fused-ring (bicyclic) bond motifs is 1. The van der Waals surface area contributed by atoms with Gasteiger partial charge in [0, 0.05) is 31.1 Å². The predicted octanol–water partition coefficient (Wildman–Crippen LogP) is 3.80. The number of carbonyl (C=O) groups excluding carboxylic acids is 3. The van der Waals surface area contributed by atoms with Gasteiger partial charge < -0.3 is 9.47 Å². The van der Waals surface area contributed by atoms with Gasteiger partial charge in [-0.1, -0.05) is 45.1 Å². The Morgan fingerprint density at radius 3 is 2.71 bits per heavy atom. The molecule has 1 unspecified atom stereocenters. The molecule has 1 saturated heterocycles. The van der Waals surface area contributed by atoms with Gasteiger partial charge in [0.15, 0.2) is 0 Å². The monoisotopic (exact) mass is 464 g/mol. The number of imide groups is 1. The first-order valence-electron chi connectivity index (χ1n) is 11.3. The second-order valence-corrected chi connectivity index (χ2v) is 9.74. The van der Waals surface area contributed by atoms with E-state index < -0.39 is 18.6 Å². The smallest absolute Gasteiger partial charge is 0.255 e. The number of alkyl halides is 1. The maximum atomic E-state index is 13.0. The van der Waals surface area contributed by atoms with Crippen LogP contribution in [0.3, 0.4) is 0 Å². The van der Waals surface area contributed by atoms with Crippen LogP contribution in [0.25, 0.3) is 16.8 Å². The third kappa shape index (κ3) is 4.32. The number of nitrogens with one attached hydrogen (secondary N) is 1. The fourth-order valence-corrected chi connectivity index (χ4v) is 4.58.